The summed E-state index contributed by atoms with van der Waals surface area (Å²) in [5.74, 6) is -0.966. The fraction of sp³-hybridized carbons (Fsp3) is 0.286. The van der Waals surface area contributed by atoms with Gasteiger partial charge in [-0.05, 0) is 60.9 Å². The van der Waals surface area contributed by atoms with Crippen LogP contribution in [0.25, 0.3) is 0 Å². The maximum atomic E-state index is 13.9. The minimum Gasteiger partial charge on any atom is -0.487 e. The van der Waals surface area contributed by atoms with E-state index < -0.39 is 17.4 Å². The molecule has 1 amide bonds. The monoisotopic (exact) mass is 495 g/mol. The van der Waals surface area contributed by atoms with Crippen LogP contribution in [0.1, 0.15) is 46.0 Å². The first kappa shape index (κ1) is 24.7. The molecule has 0 saturated heterocycles. The second-order valence-electron chi connectivity index (χ2n) is 9.33. The number of carboxylic acid groups (broad SMARTS) is 1. The molecule has 1 aliphatic rings. The van der Waals surface area contributed by atoms with Crippen molar-refractivity contribution in [1.29, 1.82) is 0 Å². The average molecular weight is 496 g/mol. The topological polar surface area (TPSA) is 66.8 Å². The van der Waals surface area contributed by atoms with Crippen LogP contribution in [0.5, 0.6) is 5.75 Å². The minimum absolute atomic E-state index is 0.0794. The van der Waals surface area contributed by atoms with Crippen molar-refractivity contribution in [3.63, 3.8) is 0 Å². The van der Waals surface area contributed by atoms with Gasteiger partial charge in [-0.25, -0.2) is 4.39 Å². The molecule has 0 unspecified atom stereocenters. The van der Waals surface area contributed by atoms with E-state index in [-0.39, 0.29) is 23.9 Å². The Bertz CT molecular complexity index is 1260. The molecular weight excluding hydrogens is 469 g/mol. The summed E-state index contributed by atoms with van der Waals surface area (Å²) in [4.78, 5) is 26.1. The number of amides is 1. The summed E-state index contributed by atoms with van der Waals surface area (Å²) in [5.41, 5.74) is 3.60. The van der Waals surface area contributed by atoms with Crippen LogP contribution in [0.2, 0.25) is 5.02 Å². The third kappa shape index (κ3) is 6.01. The van der Waals surface area contributed by atoms with Crippen LogP contribution < -0.4 is 4.74 Å². The standard InChI is InChI=1S/C28H27ClFNO4/c1-18-3-5-19(6-4-18)17-31(12-11-26(32)33)27(34)21-8-10-25-22(14-21)16-28(2,35-25)15-20-7-9-23(29)24(30)13-20/h3-10,13-14H,11-12,15-17H2,1-2H3,(H,32,33)/t28-/m0/s1. The maximum Gasteiger partial charge on any atom is 0.305 e. The summed E-state index contributed by atoms with van der Waals surface area (Å²) in [6.45, 7) is 4.37. The predicted octanol–water partition coefficient (Wildman–Crippen LogP) is 5.84. The van der Waals surface area contributed by atoms with Crippen LogP contribution in [0.4, 0.5) is 4.39 Å². The summed E-state index contributed by atoms with van der Waals surface area (Å²) in [5, 5.41) is 9.25. The smallest absolute Gasteiger partial charge is 0.305 e. The second kappa shape index (κ2) is 10.1. The molecule has 0 fully saturated rings. The summed E-state index contributed by atoms with van der Waals surface area (Å²) < 4.78 is 20.1. The summed E-state index contributed by atoms with van der Waals surface area (Å²) >= 11 is 5.80. The molecule has 4 rings (SSSR count). The first-order valence-electron chi connectivity index (χ1n) is 11.4. The van der Waals surface area contributed by atoms with Gasteiger partial charge in [0.1, 0.15) is 17.2 Å². The quantitative estimate of drug-likeness (QED) is 0.426. The van der Waals surface area contributed by atoms with E-state index in [2.05, 4.69) is 0 Å². The first-order valence-corrected chi connectivity index (χ1v) is 11.8. The summed E-state index contributed by atoms with van der Waals surface area (Å²) in [6, 6.07) is 17.8. The maximum absolute atomic E-state index is 13.9. The minimum atomic E-state index is -0.955. The zero-order valence-electron chi connectivity index (χ0n) is 19.7. The lowest BCUT2D eigenvalue weighted by Gasteiger charge is -2.24. The number of carboxylic acids is 1. The number of carbonyl (C=O) groups excluding carboxylic acids is 1. The number of aryl methyl sites for hydroxylation is 1. The normalized spacial score (nSPS) is 16.5. The summed E-state index contributed by atoms with van der Waals surface area (Å²) in [6.07, 6.45) is 0.902. The SMILES string of the molecule is Cc1ccc(CN(CCC(=O)O)C(=O)c2ccc3c(c2)C[C@](C)(Cc2ccc(Cl)c(F)c2)O3)cc1. The first-order chi connectivity index (χ1) is 16.6. The molecule has 0 aromatic heterocycles. The highest BCUT2D eigenvalue weighted by molar-refractivity contribution is 6.30. The molecule has 0 bridgehead atoms. The van der Waals surface area contributed by atoms with Gasteiger partial charge in [0.25, 0.3) is 5.91 Å². The molecule has 0 radical (unpaired) electrons. The van der Waals surface area contributed by atoms with Gasteiger partial charge in [0.05, 0.1) is 11.4 Å². The number of benzene rings is 3. The lowest BCUT2D eigenvalue weighted by Crippen LogP contribution is -2.33. The molecular formula is C28H27ClFNO4. The lowest BCUT2D eigenvalue weighted by molar-refractivity contribution is -0.137. The summed E-state index contributed by atoms with van der Waals surface area (Å²) in [7, 11) is 0. The van der Waals surface area contributed by atoms with E-state index in [9.17, 15) is 14.0 Å². The van der Waals surface area contributed by atoms with E-state index in [1.54, 1.807) is 23.1 Å². The van der Waals surface area contributed by atoms with E-state index in [1.165, 1.54) is 12.1 Å². The van der Waals surface area contributed by atoms with Gasteiger partial charge in [0.2, 0.25) is 0 Å². The molecule has 0 aliphatic carbocycles. The molecule has 35 heavy (non-hydrogen) atoms. The predicted molar refractivity (Wildman–Crippen MR) is 132 cm³/mol. The number of nitrogens with zero attached hydrogens (tertiary/aromatic N) is 1. The molecule has 3 aromatic rings. The van der Waals surface area contributed by atoms with Crippen LogP contribution in [-0.2, 0) is 24.2 Å². The number of hydrogen-bond donors (Lipinski definition) is 1. The number of rotatable bonds is 8. The highest BCUT2D eigenvalue weighted by Gasteiger charge is 2.35. The Hall–Kier alpha value is -3.38. The van der Waals surface area contributed by atoms with E-state index >= 15 is 0 Å². The molecule has 0 saturated carbocycles. The highest BCUT2D eigenvalue weighted by Crippen LogP contribution is 2.38. The van der Waals surface area contributed by atoms with Gasteiger partial charge < -0.3 is 14.7 Å². The van der Waals surface area contributed by atoms with Crippen molar-refractivity contribution in [1.82, 2.24) is 4.90 Å². The van der Waals surface area contributed by atoms with Crippen LogP contribution in [0.15, 0.2) is 60.7 Å². The molecule has 7 heteroatoms. The Labute approximate surface area is 209 Å². The molecule has 182 valence electrons. The third-order valence-electron chi connectivity index (χ3n) is 6.17. The van der Waals surface area contributed by atoms with Gasteiger partial charge in [0.15, 0.2) is 0 Å². The van der Waals surface area contributed by atoms with E-state index in [0.29, 0.717) is 30.7 Å². The van der Waals surface area contributed by atoms with Crippen LogP contribution >= 0.6 is 11.6 Å². The Morgan fingerprint density at radius 2 is 1.80 bits per heavy atom. The molecule has 1 aliphatic heterocycles. The van der Waals surface area contributed by atoms with Crippen molar-refractivity contribution in [2.75, 3.05) is 6.54 Å². The molecule has 1 N–H and O–H groups in total. The lowest BCUT2D eigenvalue weighted by atomic mass is 9.91. The largest absolute Gasteiger partial charge is 0.487 e. The zero-order valence-corrected chi connectivity index (χ0v) is 20.4. The molecule has 1 atom stereocenters. The van der Waals surface area contributed by atoms with Crippen molar-refractivity contribution in [2.45, 2.75) is 45.3 Å². The number of hydrogen-bond acceptors (Lipinski definition) is 3. The fourth-order valence-corrected chi connectivity index (χ4v) is 4.53. The van der Waals surface area contributed by atoms with Crippen molar-refractivity contribution < 1.29 is 23.8 Å². The number of carbonyl (C=O) groups is 2. The average Bonchev–Trinajstić information content (AvgIpc) is 3.14. The van der Waals surface area contributed by atoms with Gasteiger partial charge >= 0.3 is 5.97 Å². The van der Waals surface area contributed by atoms with Gasteiger partial charge in [-0.3, -0.25) is 9.59 Å². The number of aliphatic carboxylic acids is 1. The zero-order chi connectivity index (χ0) is 25.2. The molecule has 1 heterocycles. The third-order valence-corrected chi connectivity index (χ3v) is 6.47. The van der Waals surface area contributed by atoms with E-state index in [1.807, 2.05) is 44.2 Å². The van der Waals surface area contributed by atoms with Gasteiger partial charge in [0, 0.05) is 31.5 Å². The van der Waals surface area contributed by atoms with E-state index in [4.69, 9.17) is 21.4 Å². The van der Waals surface area contributed by atoms with Gasteiger partial charge in [-0.15, -0.1) is 0 Å². The second-order valence-corrected chi connectivity index (χ2v) is 9.74. The fourth-order valence-electron chi connectivity index (χ4n) is 4.41. The Morgan fingerprint density at radius 1 is 1.09 bits per heavy atom. The Morgan fingerprint density at radius 3 is 2.49 bits per heavy atom. The molecule has 3 aromatic carbocycles. The van der Waals surface area contributed by atoms with E-state index in [0.717, 1.165) is 22.3 Å². The van der Waals surface area contributed by atoms with Crippen LogP contribution in [0.3, 0.4) is 0 Å². The number of ether oxygens (including phenoxy) is 1. The van der Waals surface area contributed by atoms with Crippen molar-refractivity contribution in [2.24, 2.45) is 0 Å². The van der Waals surface area contributed by atoms with Crippen molar-refractivity contribution in [3.05, 3.63) is 99.3 Å². The Balaban J connectivity index is 1.52. The van der Waals surface area contributed by atoms with Crippen LogP contribution in [-0.4, -0.2) is 34.0 Å². The highest BCUT2D eigenvalue weighted by atomic mass is 35.5. The van der Waals surface area contributed by atoms with Gasteiger partial charge in [-0.1, -0.05) is 47.5 Å². The molecule has 0 spiro atoms. The molecule has 5 nitrogen and oxygen atoms in total. The number of fused-ring (bicyclic) bond motifs is 1. The Kier molecular flexibility index (Phi) is 7.13. The van der Waals surface area contributed by atoms with Crippen LogP contribution in [0, 0.1) is 12.7 Å². The van der Waals surface area contributed by atoms with Crippen molar-refractivity contribution in [3.8, 4) is 5.75 Å². The number of halogens is 2. The van der Waals surface area contributed by atoms with Crippen molar-refractivity contribution >= 4 is 23.5 Å². The van der Waals surface area contributed by atoms with Gasteiger partial charge in [-0.2, -0.15) is 0 Å².